The van der Waals surface area contributed by atoms with Crippen molar-refractivity contribution in [1.82, 2.24) is 0 Å². The van der Waals surface area contributed by atoms with Crippen LogP contribution >= 0.6 is 0 Å². The first kappa shape index (κ1) is 20.9. The molecule has 6 heteroatoms. The molecule has 0 heterocycles. The van der Waals surface area contributed by atoms with Crippen molar-refractivity contribution < 1.29 is 19.1 Å². The molecular weight excluding hydrogens is 380 g/mol. The minimum absolute atomic E-state index is 0.120. The van der Waals surface area contributed by atoms with Crippen LogP contribution in [0.3, 0.4) is 0 Å². The highest BCUT2D eigenvalue weighted by Crippen LogP contribution is 2.18. The van der Waals surface area contributed by atoms with Crippen LogP contribution in [0.2, 0.25) is 0 Å². The van der Waals surface area contributed by atoms with E-state index in [1.165, 1.54) is 0 Å². The Bertz CT molecular complexity index is 1030. The van der Waals surface area contributed by atoms with E-state index in [9.17, 15) is 9.59 Å². The standard InChI is InChI=1S/C24H24N2O4/c1-16-4-5-17(2)22(14-16)26-23(27)15-30-21-10-6-18(7-11-21)24(28)25-19-8-12-20(29-3)13-9-19/h4-14H,15H2,1-3H3,(H,25,28)(H,26,27). The molecule has 3 aromatic rings. The van der Waals surface area contributed by atoms with Crippen molar-refractivity contribution in [2.75, 3.05) is 24.4 Å². The predicted octanol–water partition coefficient (Wildman–Crippen LogP) is 4.58. The van der Waals surface area contributed by atoms with Gasteiger partial charge in [0.2, 0.25) is 0 Å². The number of hydrogen-bond acceptors (Lipinski definition) is 4. The summed E-state index contributed by atoms with van der Waals surface area (Å²) in [4.78, 5) is 24.5. The lowest BCUT2D eigenvalue weighted by Gasteiger charge is -2.11. The van der Waals surface area contributed by atoms with E-state index >= 15 is 0 Å². The van der Waals surface area contributed by atoms with Crippen LogP contribution in [0.1, 0.15) is 21.5 Å². The van der Waals surface area contributed by atoms with Gasteiger partial charge in [-0.2, -0.15) is 0 Å². The van der Waals surface area contributed by atoms with Gasteiger partial charge in [-0.3, -0.25) is 9.59 Å². The lowest BCUT2D eigenvalue weighted by atomic mass is 10.1. The van der Waals surface area contributed by atoms with Crippen molar-refractivity contribution >= 4 is 23.2 Å². The van der Waals surface area contributed by atoms with Gasteiger partial charge >= 0.3 is 0 Å². The normalized spacial score (nSPS) is 10.2. The largest absolute Gasteiger partial charge is 0.497 e. The molecule has 0 bridgehead atoms. The van der Waals surface area contributed by atoms with Crippen molar-refractivity contribution in [2.24, 2.45) is 0 Å². The molecule has 2 N–H and O–H groups in total. The smallest absolute Gasteiger partial charge is 0.262 e. The van der Waals surface area contributed by atoms with Gasteiger partial charge in [-0.05, 0) is 79.6 Å². The van der Waals surface area contributed by atoms with Gasteiger partial charge in [0.1, 0.15) is 11.5 Å². The molecular formula is C24H24N2O4. The van der Waals surface area contributed by atoms with Gasteiger partial charge in [-0.25, -0.2) is 0 Å². The Balaban J connectivity index is 1.52. The number of ether oxygens (including phenoxy) is 2. The van der Waals surface area contributed by atoms with Crippen LogP contribution in [0.4, 0.5) is 11.4 Å². The number of amides is 2. The third-order valence-corrected chi connectivity index (χ3v) is 4.50. The third-order valence-electron chi connectivity index (χ3n) is 4.50. The number of nitrogens with one attached hydrogen (secondary N) is 2. The second-order valence-corrected chi connectivity index (χ2v) is 6.86. The molecule has 0 aliphatic heterocycles. The van der Waals surface area contributed by atoms with E-state index in [1.54, 1.807) is 55.6 Å². The monoisotopic (exact) mass is 404 g/mol. The first-order valence-electron chi connectivity index (χ1n) is 9.50. The van der Waals surface area contributed by atoms with Gasteiger partial charge in [-0.1, -0.05) is 12.1 Å². The molecule has 0 unspecified atom stereocenters. The number of carbonyl (C=O) groups excluding carboxylic acids is 2. The van der Waals surface area contributed by atoms with E-state index in [-0.39, 0.29) is 18.4 Å². The van der Waals surface area contributed by atoms with E-state index in [0.717, 1.165) is 22.6 Å². The fourth-order valence-corrected chi connectivity index (χ4v) is 2.79. The van der Waals surface area contributed by atoms with Gasteiger partial charge in [-0.15, -0.1) is 0 Å². The number of hydrogen-bond donors (Lipinski definition) is 2. The Morgan fingerprint density at radius 1 is 0.833 bits per heavy atom. The minimum atomic E-state index is -0.245. The van der Waals surface area contributed by atoms with Crippen LogP contribution in [0, 0.1) is 13.8 Å². The zero-order valence-electron chi connectivity index (χ0n) is 17.2. The summed E-state index contributed by atoms with van der Waals surface area (Å²) in [6, 6.07) is 19.6. The van der Waals surface area contributed by atoms with Gasteiger partial charge in [0.25, 0.3) is 11.8 Å². The number of aryl methyl sites for hydroxylation is 2. The Labute approximate surface area is 175 Å². The second kappa shape index (κ2) is 9.60. The van der Waals surface area contributed by atoms with Crippen molar-refractivity contribution in [1.29, 1.82) is 0 Å². The summed E-state index contributed by atoms with van der Waals surface area (Å²) in [5, 5.41) is 5.67. The van der Waals surface area contributed by atoms with E-state index < -0.39 is 0 Å². The minimum Gasteiger partial charge on any atom is -0.497 e. The molecule has 0 radical (unpaired) electrons. The average Bonchev–Trinajstić information content (AvgIpc) is 2.75. The number of methoxy groups -OCH3 is 1. The molecule has 6 nitrogen and oxygen atoms in total. The summed E-state index contributed by atoms with van der Waals surface area (Å²) in [6.45, 7) is 3.79. The highest BCUT2D eigenvalue weighted by molar-refractivity contribution is 6.04. The van der Waals surface area contributed by atoms with Gasteiger partial charge < -0.3 is 20.1 Å². The zero-order valence-corrected chi connectivity index (χ0v) is 17.2. The Hall–Kier alpha value is -3.80. The summed E-state index contributed by atoms with van der Waals surface area (Å²) in [7, 11) is 1.59. The van der Waals surface area contributed by atoms with Gasteiger partial charge in [0.15, 0.2) is 6.61 Å². The molecule has 0 atom stereocenters. The topological polar surface area (TPSA) is 76.7 Å². The molecule has 0 spiro atoms. The van der Waals surface area contributed by atoms with E-state index in [1.807, 2.05) is 32.0 Å². The highest BCUT2D eigenvalue weighted by Gasteiger charge is 2.09. The molecule has 0 saturated carbocycles. The first-order valence-corrected chi connectivity index (χ1v) is 9.50. The number of rotatable bonds is 7. The maximum atomic E-state index is 12.4. The molecule has 0 aliphatic carbocycles. The number of benzene rings is 3. The van der Waals surface area contributed by atoms with Crippen LogP contribution in [-0.4, -0.2) is 25.5 Å². The highest BCUT2D eigenvalue weighted by atomic mass is 16.5. The fraction of sp³-hybridized carbons (Fsp3) is 0.167. The molecule has 3 aromatic carbocycles. The van der Waals surface area contributed by atoms with Crippen LogP contribution in [-0.2, 0) is 4.79 Å². The van der Waals surface area contributed by atoms with Crippen molar-refractivity contribution in [2.45, 2.75) is 13.8 Å². The molecule has 154 valence electrons. The lowest BCUT2D eigenvalue weighted by Crippen LogP contribution is -2.20. The van der Waals surface area contributed by atoms with Crippen LogP contribution in [0.5, 0.6) is 11.5 Å². The second-order valence-electron chi connectivity index (χ2n) is 6.86. The van der Waals surface area contributed by atoms with Crippen LogP contribution in [0.25, 0.3) is 0 Å². The van der Waals surface area contributed by atoms with Crippen molar-refractivity contribution in [3.63, 3.8) is 0 Å². The Kier molecular flexibility index (Phi) is 6.70. The quantitative estimate of drug-likeness (QED) is 0.604. The molecule has 0 saturated heterocycles. The number of carbonyl (C=O) groups is 2. The molecule has 0 aromatic heterocycles. The van der Waals surface area contributed by atoms with Gasteiger partial charge in [0, 0.05) is 16.9 Å². The Morgan fingerprint density at radius 2 is 1.50 bits per heavy atom. The van der Waals surface area contributed by atoms with Crippen molar-refractivity contribution in [3.05, 3.63) is 83.4 Å². The molecule has 0 fully saturated rings. The van der Waals surface area contributed by atoms with E-state index in [0.29, 0.717) is 17.0 Å². The zero-order chi connectivity index (χ0) is 21.5. The van der Waals surface area contributed by atoms with E-state index in [2.05, 4.69) is 10.6 Å². The third kappa shape index (κ3) is 5.61. The maximum absolute atomic E-state index is 12.4. The molecule has 0 aliphatic rings. The molecule has 2 amide bonds. The molecule has 30 heavy (non-hydrogen) atoms. The molecule has 3 rings (SSSR count). The summed E-state index contributed by atoms with van der Waals surface area (Å²) < 4.78 is 10.6. The van der Waals surface area contributed by atoms with Gasteiger partial charge in [0.05, 0.1) is 7.11 Å². The predicted molar refractivity (Wildman–Crippen MR) is 117 cm³/mol. The fourth-order valence-electron chi connectivity index (χ4n) is 2.79. The SMILES string of the molecule is COc1ccc(NC(=O)c2ccc(OCC(=O)Nc3cc(C)ccc3C)cc2)cc1. The summed E-state index contributed by atoms with van der Waals surface area (Å²) in [6.07, 6.45) is 0. The average molecular weight is 404 g/mol. The summed E-state index contributed by atoms with van der Waals surface area (Å²) in [5.41, 5.74) is 3.98. The summed E-state index contributed by atoms with van der Waals surface area (Å²) in [5.74, 6) is 0.743. The number of anilines is 2. The van der Waals surface area contributed by atoms with E-state index in [4.69, 9.17) is 9.47 Å². The van der Waals surface area contributed by atoms with Crippen LogP contribution in [0.15, 0.2) is 66.7 Å². The first-order chi connectivity index (χ1) is 14.4. The Morgan fingerprint density at radius 3 is 2.17 bits per heavy atom. The lowest BCUT2D eigenvalue weighted by molar-refractivity contribution is -0.118. The van der Waals surface area contributed by atoms with Crippen LogP contribution < -0.4 is 20.1 Å². The van der Waals surface area contributed by atoms with Crippen molar-refractivity contribution in [3.8, 4) is 11.5 Å². The summed E-state index contributed by atoms with van der Waals surface area (Å²) >= 11 is 0. The maximum Gasteiger partial charge on any atom is 0.262 e.